The predicted octanol–water partition coefficient (Wildman–Crippen LogP) is 1.71. The Hall–Kier alpha value is -6.67. The van der Waals surface area contributed by atoms with Gasteiger partial charge in [0.05, 0.1) is 18.9 Å². The Morgan fingerprint density at radius 1 is 0.859 bits per heavy atom. The van der Waals surface area contributed by atoms with Crippen LogP contribution in [0.3, 0.4) is 0 Å². The van der Waals surface area contributed by atoms with Crippen molar-refractivity contribution in [1.29, 1.82) is 0 Å². The molecule has 0 spiro atoms. The molecule has 1 aliphatic heterocycles. The number of imide groups is 1. The van der Waals surface area contributed by atoms with E-state index in [1.165, 1.54) is 34.6 Å². The minimum Gasteiger partial charge on any atom is -0.481 e. The average Bonchev–Trinajstić information content (AvgIpc) is 3.78. The lowest BCUT2D eigenvalue weighted by Crippen LogP contribution is -2.79. The summed E-state index contributed by atoms with van der Waals surface area (Å²) in [6, 6.07) is 7.36. The summed E-state index contributed by atoms with van der Waals surface area (Å²) < 4.78 is 3.97. The summed E-state index contributed by atoms with van der Waals surface area (Å²) >= 11 is 0. The second-order valence-electron chi connectivity index (χ2n) is 17.3. The molecular formula is C44H60N9O11+. The van der Waals surface area contributed by atoms with Gasteiger partial charge in [-0.15, -0.1) is 5.01 Å². The number of carboxylic acids is 1. The molecule has 6 atom stereocenters. The van der Waals surface area contributed by atoms with Crippen LogP contribution in [0, 0.1) is 5.92 Å². The van der Waals surface area contributed by atoms with Gasteiger partial charge >= 0.3 is 18.0 Å². The number of ether oxygens (including phenoxy) is 1. The van der Waals surface area contributed by atoms with Gasteiger partial charge in [-0.25, -0.2) is 9.59 Å². The molecule has 1 aliphatic rings. The number of nitrogens with one attached hydrogen (secondary N) is 4. The Kier molecular flexibility index (Phi) is 16.5. The first-order chi connectivity index (χ1) is 30.0. The third-order valence-electron chi connectivity index (χ3n) is 10.4. The number of carbonyl (C=O) groups is 9. The number of aromatic nitrogens is 1. The van der Waals surface area contributed by atoms with Gasteiger partial charge in [-0.2, -0.15) is 0 Å². The van der Waals surface area contributed by atoms with E-state index in [0.29, 0.717) is 21.1 Å². The summed E-state index contributed by atoms with van der Waals surface area (Å²) in [5.41, 5.74) is 12.7. The van der Waals surface area contributed by atoms with Gasteiger partial charge in [0.25, 0.3) is 11.8 Å². The number of para-hydroxylation sites is 1. The van der Waals surface area contributed by atoms with Crippen LogP contribution in [0.15, 0.2) is 60.8 Å². The van der Waals surface area contributed by atoms with Gasteiger partial charge in [-0.05, 0) is 66.9 Å². The molecule has 20 nitrogen and oxygen atoms in total. The number of hydrogen-bond donors (Lipinski definition) is 7. The van der Waals surface area contributed by atoms with Crippen LogP contribution in [0.2, 0.25) is 0 Å². The normalized spacial score (nSPS) is 17.4. The molecule has 4 rings (SSSR count). The van der Waals surface area contributed by atoms with Crippen LogP contribution >= 0.6 is 0 Å². The van der Waals surface area contributed by atoms with Crippen molar-refractivity contribution in [3.8, 4) is 0 Å². The van der Waals surface area contributed by atoms with Crippen molar-refractivity contribution in [3.05, 3.63) is 71.9 Å². The van der Waals surface area contributed by atoms with E-state index < -0.39 is 113 Å². The lowest BCUT2D eigenvalue weighted by Gasteiger charge is -2.47. The predicted molar refractivity (Wildman–Crippen MR) is 231 cm³/mol. The number of primary amides is 1. The van der Waals surface area contributed by atoms with Crippen molar-refractivity contribution in [1.82, 2.24) is 31.0 Å². The lowest BCUT2D eigenvalue weighted by molar-refractivity contribution is -1.03. The Morgan fingerprint density at radius 3 is 2.02 bits per heavy atom. The Balaban J connectivity index is 1.85. The summed E-state index contributed by atoms with van der Waals surface area (Å²) in [5.74, 6) is -8.96. The van der Waals surface area contributed by atoms with E-state index in [4.69, 9.17) is 16.2 Å². The third kappa shape index (κ3) is 12.3. The first-order valence-corrected chi connectivity index (χ1v) is 21.0. The number of H-pyrrole nitrogens is 1. The molecular weight excluding hydrogens is 831 g/mol. The van der Waals surface area contributed by atoms with Crippen LogP contribution in [-0.4, -0.2) is 121 Å². The highest BCUT2D eigenvalue weighted by Crippen LogP contribution is 2.34. The molecule has 2 aromatic carbocycles. The zero-order valence-electron chi connectivity index (χ0n) is 37.2. The molecule has 0 radical (unpaired) electrons. The Labute approximate surface area is 370 Å². The first kappa shape index (κ1) is 50.0. The number of aromatic amines is 1. The second-order valence-corrected chi connectivity index (χ2v) is 17.3. The molecule has 20 heteroatoms. The molecule has 1 unspecified atom stereocenters. The Bertz CT molecular complexity index is 2240. The largest absolute Gasteiger partial charge is 0.481 e. The summed E-state index contributed by atoms with van der Waals surface area (Å²) in [5, 5.41) is 19.6. The molecule has 1 saturated heterocycles. The molecule has 9 N–H and O–H groups in total. The van der Waals surface area contributed by atoms with Gasteiger partial charge < -0.3 is 42.2 Å². The van der Waals surface area contributed by atoms with Crippen LogP contribution in [0.25, 0.3) is 10.9 Å². The highest BCUT2D eigenvalue weighted by atomic mass is 16.6. The summed E-state index contributed by atoms with van der Waals surface area (Å²) in [7, 11) is 0. The summed E-state index contributed by atoms with van der Waals surface area (Å²) in [6.07, 6.45) is -1.66. The van der Waals surface area contributed by atoms with Crippen LogP contribution in [0.1, 0.15) is 85.3 Å². The van der Waals surface area contributed by atoms with E-state index >= 15 is 4.79 Å². The SMILES string of the molecule is CC(=O)N[C@@H](Cc1c[nH]c2ccccc12)C(=O)N[C@@H](CC(C)C)C(=O)N[C@@H](CC(=O)O)C(=O)N([C@@H](Cc1ccccc1)C(N)=O)[N+]1(N(C(=O)OC(C)(C)C)C(=O)[C@H](C)N)CCCC1=O. The minimum absolute atomic E-state index is 0.0127. The number of rotatable bonds is 19. The molecule has 0 saturated carbocycles. The quantitative estimate of drug-likeness (QED) is 0.0847. The van der Waals surface area contributed by atoms with Crippen molar-refractivity contribution in [3.63, 3.8) is 0 Å². The minimum atomic E-state index is -2.11. The maximum absolute atomic E-state index is 15.4. The number of hydrogen-bond acceptors (Lipinski definition) is 11. The van der Waals surface area contributed by atoms with Gasteiger partial charge in [0.2, 0.25) is 23.6 Å². The molecule has 64 heavy (non-hydrogen) atoms. The molecule has 0 aliphatic carbocycles. The van der Waals surface area contributed by atoms with Crippen LogP contribution in [-0.2, 0) is 55.9 Å². The molecule has 8 amide bonds. The lowest BCUT2D eigenvalue weighted by atomic mass is 10.00. The molecule has 3 aromatic rings. The van der Waals surface area contributed by atoms with Crippen molar-refractivity contribution in [2.24, 2.45) is 17.4 Å². The molecule has 346 valence electrons. The molecule has 1 aromatic heterocycles. The van der Waals surface area contributed by atoms with Gasteiger partial charge in [0.1, 0.15) is 30.3 Å². The molecule has 2 heterocycles. The van der Waals surface area contributed by atoms with Crippen molar-refractivity contribution >= 4 is 64.3 Å². The van der Waals surface area contributed by atoms with Crippen molar-refractivity contribution in [2.75, 3.05) is 6.54 Å². The number of fused-ring (bicyclic) bond motifs is 1. The van der Waals surface area contributed by atoms with E-state index in [1.807, 2.05) is 24.3 Å². The standard InChI is InChI=1S/C44H59N9O11/c1-25(2)20-32(49-40(60)33(48-27(4)54)22-29-24-47-31-17-12-11-16-30(29)31)39(59)50-34(23-37(56)57)42(62)51(35(38(46)58)21-28-14-9-8-10-15-28)53(19-13-18-36(53)55)52(41(61)26(3)45)43(63)64-44(5,6)7/h8-12,14-17,24-26,32-35,47H,13,18-23,45H2,1-7H3,(H5-,46,48,49,50,54,56,57,58,59,60)/p+1/t26-,32-,33-,34-,35-,53?/m0/s1. The molecule has 0 bridgehead atoms. The number of amides is 8. The number of quaternary nitrogens is 1. The van der Waals surface area contributed by atoms with Crippen molar-refractivity contribution < 1.29 is 57.7 Å². The fourth-order valence-electron chi connectivity index (χ4n) is 7.63. The van der Waals surface area contributed by atoms with E-state index in [2.05, 4.69) is 20.9 Å². The highest BCUT2D eigenvalue weighted by molar-refractivity contribution is 5.98. The number of benzene rings is 2. The fourth-order valence-corrected chi connectivity index (χ4v) is 7.63. The highest BCUT2D eigenvalue weighted by Gasteiger charge is 2.64. The van der Waals surface area contributed by atoms with Gasteiger partial charge in [0, 0.05) is 43.3 Å². The van der Waals surface area contributed by atoms with E-state index in [0.717, 1.165) is 10.9 Å². The zero-order valence-corrected chi connectivity index (χ0v) is 37.2. The second kappa shape index (κ2) is 21.1. The average molecular weight is 891 g/mol. The Morgan fingerprint density at radius 2 is 1.47 bits per heavy atom. The third-order valence-corrected chi connectivity index (χ3v) is 10.4. The topological polar surface area (TPSA) is 293 Å². The maximum atomic E-state index is 15.4. The van der Waals surface area contributed by atoms with Gasteiger partial charge in [0.15, 0.2) is 6.04 Å². The van der Waals surface area contributed by atoms with E-state index in [-0.39, 0.29) is 31.6 Å². The smallest absolute Gasteiger partial charge is 0.465 e. The van der Waals surface area contributed by atoms with Gasteiger partial charge in [-0.3, -0.25) is 33.6 Å². The van der Waals surface area contributed by atoms with Crippen molar-refractivity contribution in [2.45, 2.75) is 123 Å². The van der Waals surface area contributed by atoms with Crippen LogP contribution < -0.4 is 27.4 Å². The van der Waals surface area contributed by atoms with Gasteiger partial charge in [-0.1, -0.05) is 62.4 Å². The molecule has 1 fully saturated rings. The fraction of sp³-hybridized carbons (Fsp3) is 0.477. The summed E-state index contributed by atoms with van der Waals surface area (Å²) in [4.78, 5) is 128. The van der Waals surface area contributed by atoms with Crippen LogP contribution in [0.5, 0.6) is 0 Å². The number of aliphatic carboxylic acids is 1. The first-order valence-electron chi connectivity index (χ1n) is 21.0. The number of nitrogens with two attached hydrogens (primary N) is 2. The maximum Gasteiger partial charge on any atom is 0.465 e. The number of nitrogens with zero attached hydrogens (tertiary/aromatic N) is 3. The zero-order chi connectivity index (χ0) is 47.7. The monoisotopic (exact) mass is 890 g/mol. The summed E-state index contributed by atoms with van der Waals surface area (Å²) in [6.45, 7) is 9.93. The number of carbonyl (C=O) groups excluding carboxylic acids is 8. The number of carboxylic acid groups (broad SMARTS) is 1. The van der Waals surface area contributed by atoms with Crippen LogP contribution in [0.4, 0.5) is 4.79 Å². The van der Waals surface area contributed by atoms with E-state index in [9.17, 15) is 43.5 Å². The van der Waals surface area contributed by atoms with E-state index in [1.54, 1.807) is 50.4 Å².